The van der Waals surface area contributed by atoms with Gasteiger partial charge in [-0.3, -0.25) is 30.0 Å². The molecule has 4 aromatic rings. The molecule has 0 aliphatic heterocycles. The smallest absolute Gasteiger partial charge is 0.356 e. The molecule has 0 aliphatic rings. The molecule has 4 rings (SSSR count). The Hall–Kier alpha value is -5.60. The summed E-state index contributed by atoms with van der Waals surface area (Å²) in [7, 11) is 2.57. The highest BCUT2D eigenvalue weighted by molar-refractivity contribution is 5.87. The second-order valence-electron chi connectivity index (χ2n) is 10.3. The van der Waals surface area contributed by atoms with Gasteiger partial charge in [-0.2, -0.15) is 0 Å². The fourth-order valence-corrected chi connectivity index (χ4v) is 4.70. The van der Waals surface area contributed by atoms with E-state index in [4.69, 9.17) is 9.47 Å². The van der Waals surface area contributed by atoms with Gasteiger partial charge in [0.1, 0.15) is 11.4 Å². The molecule has 0 atom stereocenters. The van der Waals surface area contributed by atoms with Gasteiger partial charge in [0.05, 0.1) is 35.5 Å². The molecule has 0 fully saturated rings. The summed E-state index contributed by atoms with van der Waals surface area (Å²) >= 11 is 0. The standard InChI is InChI=1S/C32H32N6O8/c1-45-31(39)29-7-3-5-25(33-29)21-35(19-23-9-13-27(14-10-23)37(41)42)17-18-36(20-24-11-15-28(16-12-24)38(43)44)22-26-6-4-8-30(34-26)32(40)46-2/h3-16H,17-22H2,1-2H3. The number of aromatic nitrogens is 2. The maximum atomic E-state index is 12.1. The maximum absolute atomic E-state index is 12.1. The van der Waals surface area contributed by atoms with E-state index >= 15 is 0 Å². The first-order valence-electron chi connectivity index (χ1n) is 14.1. The van der Waals surface area contributed by atoms with E-state index < -0.39 is 21.8 Å². The van der Waals surface area contributed by atoms with Gasteiger partial charge in [0.2, 0.25) is 0 Å². The van der Waals surface area contributed by atoms with E-state index in [0.717, 1.165) is 11.1 Å². The van der Waals surface area contributed by atoms with E-state index in [-0.39, 0.29) is 22.8 Å². The first-order valence-corrected chi connectivity index (χ1v) is 14.1. The highest BCUT2D eigenvalue weighted by atomic mass is 16.6. The van der Waals surface area contributed by atoms with Crippen molar-refractivity contribution in [1.82, 2.24) is 19.8 Å². The Balaban J connectivity index is 1.59. The molecule has 0 N–H and O–H groups in total. The molecule has 46 heavy (non-hydrogen) atoms. The van der Waals surface area contributed by atoms with Gasteiger partial charge >= 0.3 is 11.9 Å². The summed E-state index contributed by atoms with van der Waals surface area (Å²) in [6, 6.07) is 22.7. The normalized spacial score (nSPS) is 11.0. The molecule has 14 heteroatoms. The second kappa shape index (κ2) is 15.9. The van der Waals surface area contributed by atoms with Crippen molar-refractivity contribution < 1.29 is 28.9 Å². The van der Waals surface area contributed by atoms with Crippen molar-refractivity contribution in [2.75, 3.05) is 27.3 Å². The SMILES string of the molecule is COC(=O)c1cccc(CN(CCN(Cc2ccc([N+](=O)[O-])cc2)Cc2cccc(C(=O)OC)n2)Cc2ccc([N+](=O)[O-])cc2)n1. The lowest BCUT2D eigenvalue weighted by Crippen LogP contribution is -2.34. The third-order valence-corrected chi connectivity index (χ3v) is 7.01. The van der Waals surface area contributed by atoms with Crippen LogP contribution in [-0.4, -0.2) is 68.9 Å². The minimum Gasteiger partial charge on any atom is -0.464 e. The van der Waals surface area contributed by atoms with Gasteiger partial charge in [0.25, 0.3) is 11.4 Å². The van der Waals surface area contributed by atoms with E-state index in [1.165, 1.54) is 38.5 Å². The summed E-state index contributed by atoms with van der Waals surface area (Å²) in [5.41, 5.74) is 3.24. The lowest BCUT2D eigenvalue weighted by molar-refractivity contribution is -0.385. The first kappa shape index (κ1) is 33.3. The molecular formula is C32H32N6O8. The van der Waals surface area contributed by atoms with E-state index in [0.29, 0.717) is 50.7 Å². The lowest BCUT2D eigenvalue weighted by Gasteiger charge is -2.28. The van der Waals surface area contributed by atoms with Gasteiger partial charge in [-0.05, 0) is 35.4 Å². The molecule has 2 aromatic carbocycles. The van der Waals surface area contributed by atoms with Crippen LogP contribution in [0.3, 0.4) is 0 Å². The van der Waals surface area contributed by atoms with Crippen molar-refractivity contribution in [3.63, 3.8) is 0 Å². The molecule has 0 radical (unpaired) electrons. The van der Waals surface area contributed by atoms with Gasteiger partial charge < -0.3 is 9.47 Å². The van der Waals surface area contributed by atoms with Crippen LogP contribution in [-0.2, 0) is 35.7 Å². The number of hydrogen-bond donors (Lipinski definition) is 0. The predicted octanol–water partition coefficient (Wildman–Crippen LogP) is 4.57. The zero-order valence-electron chi connectivity index (χ0n) is 25.3. The summed E-state index contributed by atoms with van der Waals surface area (Å²) in [6.45, 7) is 2.52. The quantitative estimate of drug-likeness (QED) is 0.102. The first-order chi connectivity index (χ1) is 22.1. The summed E-state index contributed by atoms with van der Waals surface area (Å²) in [6.07, 6.45) is 0. The van der Waals surface area contributed by atoms with E-state index in [9.17, 15) is 29.8 Å². The van der Waals surface area contributed by atoms with Crippen molar-refractivity contribution in [2.24, 2.45) is 0 Å². The van der Waals surface area contributed by atoms with Crippen LogP contribution in [0.25, 0.3) is 0 Å². The zero-order chi connectivity index (χ0) is 33.1. The van der Waals surface area contributed by atoms with Crippen molar-refractivity contribution >= 4 is 23.3 Å². The summed E-state index contributed by atoms with van der Waals surface area (Å²) in [5.74, 6) is -1.11. The Morgan fingerprint density at radius 2 is 0.978 bits per heavy atom. The maximum Gasteiger partial charge on any atom is 0.356 e. The van der Waals surface area contributed by atoms with Gasteiger partial charge in [0, 0.05) is 63.5 Å². The number of nitrogens with zero attached hydrogens (tertiary/aromatic N) is 6. The number of methoxy groups -OCH3 is 2. The number of carbonyl (C=O) groups is 2. The minimum atomic E-state index is -0.556. The van der Waals surface area contributed by atoms with E-state index in [1.54, 1.807) is 60.7 Å². The third kappa shape index (κ3) is 9.45. The number of carbonyl (C=O) groups excluding carboxylic acids is 2. The molecule has 14 nitrogen and oxygen atoms in total. The highest BCUT2D eigenvalue weighted by Crippen LogP contribution is 2.18. The molecule has 0 unspecified atom stereocenters. The average molecular weight is 629 g/mol. The summed E-state index contributed by atoms with van der Waals surface area (Å²) in [4.78, 5) is 58.7. The number of non-ortho nitro benzene ring substituents is 2. The van der Waals surface area contributed by atoms with E-state index in [2.05, 4.69) is 19.8 Å². The Labute approximate surface area is 264 Å². The number of esters is 2. The number of nitro benzene ring substituents is 2. The largest absolute Gasteiger partial charge is 0.464 e. The Bertz CT molecular complexity index is 1560. The van der Waals surface area contributed by atoms with Crippen molar-refractivity contribution in [2.45, 2.75) is 26.2 Å². The number of ether oxygens (including phenoxy) is 2. The second-order valence-corrected chi connectivity index (χ2v) is 10.3. The lowest BCUT2D eigenvalue weighted by atomic mass is 10.1. The van der Waals surface area contributed by atoms with E-state index in [1.807, 2.05) is 0 Å². The molecule has 0 saturated heterocycles. The number of hydrogen-bond acceptors (Lipinski definition) is 12. The van der Waals surface area contributed by atoms with Gasteiger partial charge in [-0.15, -0.1) is 0 Å². The van der Waals surface area contributed by atoms with Crippen LogP contribution in [0.1, 0.15) is 43.5 Å². The molecule has 0 bridgehead atoms. The Morgan fingerprint density at radius 1 is 0.609 bits per heavy atom. The molecule has 0 spiro atoms. The van der Waals surface area contributed by atoms with Crippen molar-refractivity contribution in [3.8, 4) is 0 Å². The van der Waals surface area contributed by atoms with Gasteiger partial charge in [-0.1, -0.05) is 36.4 Å². The van der Waals surface area contributed by atoms with Gasteiger partial charge in [-0.25, -0.2) is 19.6 Å². The molecule has 238 valence electrons. The number of rotatable bonds is 15. The molecule has 0 saturated carbocycles. The molecular weight excluding hydrogens is 596 g/mol. The van der Waals surface area contributed by atoms with Crippen LogP contribution in [0.15, 0.2) is 84.9 Å². The number of nitro groups is 2. The summed E-state index contributed by atoms with van der Waals surface area (Å²) < 4.78 is 9.63. The zero-order valence-corrected chi connectivity index (χ0v) is 25.3. The van der Waals surface area contributed by atoms with Gasteiger partial charge in [0.15, 0.2) is 0 Å². The number of benzene rings is 2. The van der Waals surface area contributed by atoms with Crippen molar-refractivity contribution in [1.29, 1.82) is 0 Å². The predicted molar refractivity (Wildman–Crippen MR) is 166 cm³/mol. The Kier molecular flexibility index (Phi) is 11.5. The molecule has 2 aromatic heterocycles. The fraction of sp³-hybridized carbons (Fsp3) is 0.250. The van der Waals surface area contributed by atoms with Crippen LogP contribution in [0.5, 0.6) is 0 Å². The van der Waals surface area contributed by atoms with Crippen LogP contribution < -0.4 is 0 Å². The van der Waals surface area contributed by atoms with Crippen LogP contribution in [0.4, 0.5) is 11.4 Å². The van der Waals surface area contributed by atoms with Crippen molar-refractivity contribution in [3.05, 3.63) is 139 Å². The number of pyridine rings is 2. The van der Waals surface area contributed by atoms with Crippen LogP contribution in [0.2, 0.25) is 0 Å². The molecule has 2 heterocycles. The molecule has 0 aliphatic carbocycles. The molecule has 0 amide bonds. The van der Waals surface area contributed by atoms with Crippen LogP contribution >= 0.6 is 0 Å². The third-order valence-electron chi connectivity index (χ3n) is 7.01. The topological polar surface area (TPSA) is 171 Å². The fourth-order valence-electron chi connectivity index (χ4n) is 4.70. The minimum absolute atomic E-state index is 0.0151. The monoisotopic (exact) mass is 628 g/mol. The highest BCUT2D eigenvalue weighted by Gasteiger charge is 2.17. The Morgan fingerprint density at radius 3 is 1.30 bits per heavy atom. The van der Waals surface area contributed by atoms with Crippen LogP contribution in [0, 0.1) is 20.2 Å². The average Bonchev–Trinajstić information content (AvgIpc) is 3.07. The summed E-state index contributed by atoms with van der Waals surface area (Å²) in [5, 5.41) is 22.3.